The number of aromatic hydroxyl groups is 1. The van der Waals surface area contributed by atoms with Crippen LogP contribution < -0.4 is 0 Å². The van der Waals surface area contributed by atoms with E-state index in [1.807, 2.05) is 19.1 Å². The summed E-state index contributed by atoms with van der Waals surface area (Å²) in [4.78, 5) is 12.2. The first-order valence-corrected chi connectivity index (χ1v) is 7.59. The van der Waals surface area contributed by atoms with Crippen molar-refractivity contribution in [3.8, 4) is 5.75 Å². The molecule has 1 fully saturated rings. The molecule has 0 saturated heterocycles. The van der Waals surface area contributed by atoms with Crippen LogP contribution in [0, 0.1) is 11.8 Å². The van der Waals surface area contributed by atoms with E-state index in [0.717, 1.165) is 31.2 Å². The second kappa shape index (κ2) is 6.78. The van der Waals surface area contributed by atoms with Crippen molar-refractivity contribution < 1.29 is 14.6 Å². The van der Waals surface area contributed by atoms with Crippen LogP contribution in [0.5, 0.6) is 5.75 Å². The Hall–Kier alpha value is -1.51. The van der Waals surface area contributed by atoms with E-state index in [-0.39, 0.29) is 23.6 Å². The van der Waals surface area contributed by atoms with E-state index in [9.17, 15) is 9.90 Å². The average molecular weight is 276 g/mol. The predicted octanol–water partition coefficient (Wildman–Crippen LogP) is 3.87. The van der Waals surface area contributed by atoms with Gasteiger partial charge in [-0.3, -0.25) is 4.79 Å². The van der Waals surface area contributed by atoms with Crippen LogP contribution in [-0.4, -0.2) is 17.7 Å². The molecule has 0 spiro atoms. The summed E-state index contributed by atoms with van der Waals surface area (Å²) in [6.07, 6.45) is 4.26. The van der Waals surface area contributed by atoms with Gasteiger partial charge in [0.05, 0.1) is 12.5 Å². The normalized spacial score (nSPS) is 17.5. The fourth-order valence-electron chi connectivity index (χ4n) is 2.75. The van der Waals surface area contributed by atoms with Gasteiger partial charge in [0, 0.05) is 0 Å². The molecule has 2 atom stereocenters. The zero-order valence-corrected chi connectivity index (χ0v) is 12.3. The lowest BCUT2D eigenvalue weighted by atomic mass is 9.83. The molecule has 1 aliphatic carbocycles. The third-order valence-corrected chi connectivity index (χ3v) is 4.04. The molecular formula is C17H24O3. The quantitative estimate of drug-likeness (QED) is 0.607. The van der Waals surface area contributed by atoms with E-state index < -0.39 is 0 Å². The van der Waals surface area contributed by atoms with Crippen LogP contribution in [0.1, 0.15) is 51.0 Å². The molecule has 1 saturated carbocycles. The summed E-state index contributed by atoms with van der Waals surface area (Å²) >= 11 is 0. The Bertz CT molecular complexity index is 451. The fourth-order valence-corrected chi connectivity index (χ4v) is 2.75. The van der Waals surface area contributed by atoms with Crippen molar-refractivity contribution in [1.82, 2.24) is 0 Å². The van der Waals surface area contributed by atoms with Gasteiger partial charge in [-0.1, -0.05) is 32.4 Å². The topological polar surface area (TPSA) is 46.5 Å². The van der Waals surface area contributed by atoms with Crippen molar-refractivity contribution in [2.75, 3.05) is 6.61 Å². The molecule has 1 aromatic carbocycles. The molecule has 0 aliphatic heterocycles. The summed E-state index contributed by atoms with van der Waals surface area (Å²) in [5.41, 5.74) is 1.05. The van der Waals surface area contributed by atoms with Crippen LogP contribution in [0.3, 0.4) is 0 Å². The van der Waals surface area contributed by atoms with Crippen molar-refractivity contribution in [2.45, 2.75) is 45.4 Å². The van der Waals surface area contributed by atoms with Crippen molar-refractivity contribution in [2.24, 2.45) is 11.8 Å². The number of phenols is 1. The van der Waals surface area contributed by atoms with Crippen molar-refractivity contribution in [3.63, 3.8) is 0 Å². The number of hydrogen-bond donors (Lipinski definition) is 1. The SMILES string of the molecule is CCCCOC(=O)[C@@H](C)[C@H](c1cccc(O)c1)C1CC1. The maximum Gasteiger partial charge on any atom is 0.309 e. The molecule has 0 aromatic heterocycles. The lowest BCUT2D eigenvalue weighted by Crippen LogP contribution is -2.23. The third kappa shape index (κ3) is 3.75. The zero-order chi connectivity index (χ0) is 14.5. The molecule has 3 nitrogen and oxygen atoms in total. The number of hydrogen-bond acceptors (Lipinski definition) is 3. The summed E-state index contributed by atoms with van der Waals surface area (Å²) in [7, 11) is 0. The Balaban J connectivity index is 2.06. The first kappa shape index (κ1) is 14.9. The highest BCUT2D eigenvalue weighted by molar-refractivity contribution is 5.73. The van der Waals surface area contributed by atoms with Crippen LogP contribution in [0.25, 0.3) is 0 Å². The standard InChI is InChI=1S/C17H24O3/c1-3-4-10-20-17(19)12(2)16(13-8-9-13)14-6-5-7-15(18)11-14/h5-7,11-13,16,18H,3-4,8-10H2,1-2H3/t12-,16-/m0/s1. The lowest BCUT2D eigenvalue weighted by molar-refractivity contribution is -0.149. The fraction of sp³-hybridized carbons (Fsp3) is 0.588. The highest BCUT2D eigenvalue weighted by Crippen LogP contribution is 2.47. The molecule has 0 radical (unpaired) electrons. The largest absolute Gasteiger partial charge is 0.508 e. The smallest absolute Gasteiger partial charge is 0.309 e. The van der Waals surface area contributed by atoms with Crippen LogP contribution in [0.15, 0.2) is 24.3 Å². The Kier molecular flexibility index (Phi) is 5.05. The summed E-state index contributed by atoms with van der Waals surface area (Å²) in [5, 5.41) is 9.64. The number of phenolic OH excluding ortho intramolecular Hbond substituents is 1. The third-order valence-electron chi connectivity index (χ3n) is 4.04. The van der Waals surface area contributed by atoms with Gasteiger partial charge >= 0.3 is 5.97 Å². The van der Waals surface area contributed by atoms with Gasteiger partial charge in [0.25, 0.3) is 0 Å². The minimum Gasteiger partial charge on any atom is -0.508 e. The Morgan fingerprint density at radius 2 is 2.20 bits per heavy atom. The van der Waals surface area contributed by atoms with Gasteiger partial charge in [0.15, 0.2) is 0 Å². The van der Waals surface area contributed by atoms with Gasteiger partial charge in [-0.15, -0.1) is 0 Å². The van der Waals surface area contributed by atoms with Gasteiger partial charge in [-0.2, -0.15) is 0 Å². The van der Waals surface area contributed by atoms with Crippen molar-refractivity contribution >= 4 is 5.97 Å². The Morgan fingerprint density at radius 1 is 1.45 bits per heavy atom. The molecule has 1 aromatic rings. The number of rotatable bonds is 7. The minimum atomic E-state index is -0.152. The molecule has 0 bridgehead atoms. The summed E-state index contributed by atoms with van der Waals surface area (Å²) in [5.74, 6) is 0.710. The molecule has 2 rings (SSSR count). The number of esters is 1. The van der Waals surface area contributed by atoms with Crippen LogP contribution in [0.2, 0.25) is 0 Å². The zero-order valence-electron chi connectivity index (χ0n) is 12.3. The highest BCUT2D eigenvalue weighted by atomic mass is 16.5. The Morgan fingerprint density at radius 3 is 2.80 bits per heavy atom. The minimum absolute atomic E-state index is 0.112. The van der Waals surface area contributed by atoms with Crippen LogP contribution in [0.4, 0.5) is 0 Å². The number of carbonyl (C=O) groups excluding carboxylic acids is 1. The second-order valence-corrected chi connectivity index (χ2v) is 5.77. The van der Waals surface area contributed by atoms with E-state index in [0.29, 0.717) is 12.5 Å². The maximum atomic E-state index is 12.2. The van der Waals surface area contributed by atoms with Crippen molar-refractivity contribution in [3.05, 3.63) is 29.8 Å². The van der Waals surface area contributed by atoms with Crippen LogP contribution in [-0.2, 0) is 9.53 Å². The lowest BCUT2D eigenvalue weighted by Gasteiger charge is -2.23. The molecule has 1 aliphatic rings. The number of benzene rings is 1. The summed E-state index contributed by atoms with van der Waals surface area (Å²) < 4.78 is 5.35. The molecule has 20 heavy (non-hydrogen) atoms. The second-order valence-electron chi connectivity index (χ2n) is 5.77. The monoisotopic (exact) mass is 276 g/mol. The molecular weight excluding hydrogens is 252 g/mol. The molecule has 0 unspecified atom stereocenters. The van der Waals surface area contributed by atoms with Gasteiger partial charge in [-0.05, 0) is 48.8 Å². The summed E-state index contributed by atoms with van der Waals surface area (Å²) in [6, 6.07) is 7.28. The van der Waals surface area contributed by atoms with Gasteiger partial charge in [-0.25, -0.2) is 0 Å². The van der Waals surface area contributed by atoms with E-state index >= 15 is 0 Å². The number of unbranched alkanes of at least 4 members (excludes halogenated alkanes) is 1. The molecule has 0 amide bonds. The van der Waals surface area contributed by atoms with E-state index in [1.54, 1.807) is 12.1 Å². The van der Waals surface area contributed by atoms with Gasteiger partial charge in [0.1, 0.15) is 5.75 Å². The predicted molar refractivity (Wildman–Crippen MR) is 78.6 cm³/mol. The first-order chi connectivity index (χ1) is 9.63. The number of ether oxygens (including phenoxy) is 1. The van der Waals surface area contributed by atoms with E-state index in [2.05, 4.69) is 6.92 Å². The summed E-state index contributed by atoms with van der Waals surface area (Å²) in [6.45, 7) is 4.54. The average Bonchev–Trinajstić information content (AvgIpc) is 3.24. The van der Waals surface area contributed by atoms with Crippen LogP contribution >= 0.6 is 0 Å². The highest BCUT2D eigenvalue weighted by Gasteiger charge is 2.39. The maximum absolute atomic E-state index is 12.2. The molecule has 110 valence electrons. The van der Waals surface area contributed by atoms with E-state index in [1.165, 1.54) is 0 Å². The van der Waals surface area contributed by atoms with E-state index in [4.69, 9.17) is 4.74 Å². The number of carbonyl (C=O) groups is 1. The Labute approximate surface area is 121 Å². The molecule has 0 heterocycles. The first-order valence-electron chi connectivity index (χ1n) is 7.59. The molecule has 3 heteroatoms. The van der Waals surface area contributed by atoms with Gasteiger partial charge in [0.2, 0.25) is 0 Å². The van der Waals surface area contributed by atoms with Gasteiger partial charge < -0.3 is 9.84 Å². The van der Waals surface area contributed by atoms with Crippen molar-refractivity contribution in [1.29, 1.82) is 0 Å². The molecule has 1 N–H and O–H groups in total.